The van der Waals surface area contributed by atoms with Crippen molar-refractivity contribution < 1.29 is 0 Å². The molecule has 4 aromatic carbocycles. The first-order valence-electron chi connectivity index (χ1n) is 18.4. The molecule has 4 heteroatoms. The number of nitrogens with zero attached hydrogens (tertiary/aromatic N) is 2. The summed E-state index contributed by atoms with van der Waals surface area (Å²) in [6, 6.07) is 32.4. The maximum atomic E-state index is 2.67. The molecule has 0 saturated carbocycles. The molecule has 9 rings (SSSR count). The Morgan fingerprint density at radius 1 is 0.755 bits per heavy atom. The summed E-state index contributed by atoms with van der Waals surface area (Å²) in [4.78, 5) is 6.76. The smallest absolute Gasteiger partial charge is 0.264 e. The molecule has 2 nitrogen and oxygen atoms in total. The van der Waals surface area contributed by atoms with Crippen LogP contribution in [0.15, 0.2) is 90.5 Å². The average molecular weight is 659 g/mol. The predicted molar refractivity (Wildman–Crippen MR) is 214 cm³/mol. The van der Waals surface area contributed by atoms with Crippen LogP contribution in [0.25, 0.3) is 6.08 Å². The maximum Gasteiger partial charge on any atom is 0.264 e. The van der Waals surface area contributed by atoms with Gasteiger partial charge in [0.2, 0.25) is 0 Å². The van der Waals surface area contributed by atoms with Crippen LogP contribution >= 0.6 is 11.3 Å². The van der Waals surface area contributed by atoms with Gasteiger partial charge in [-0.15, -0.1) is 0 Å². The second-order valence-electron chi connectivity index (χ2n) is 16.7. The molecule has 0 fully saturated rings. The van der Waals surface area contributed by atoms with Gasteiger partial charge in [-0.3, -0.25) is 0 Å². The van der Waals surface area contributed by atoms with Gasteiger partial charge in [0.1, 0.15) is 0 Å². The third kappa shape index (κ3) is 4.45. The third-order valence-electron chi connectivity index (χ3n) is 12.3. The molecule has 4 aliphatic rings. The Labute approximate surface area is 297 Å². The van der Waals surface area contributed by atoms with Crippen LogP contribution in [0, 0.1) is 18.8 Å². The van der Waals surface area contributed by atoms with Gasteiger partial charge in [-0.1, -0.05) is 109 Å². The summed E-state index contributed by atoms with van der Waals surface area (Å²) in [6.45, 7) is 19.5. The van der Waals surface area contributed by atoms with E-state index in [4.69, 9.17) is 0 Å². The summed E-state index contributed by atoms with van der Waals surface area (Å²) in [5, 5.41) is 0. The molecule has 0 amide bonds. The first kappa shape index (κ1) is 31.0. The second kappa shape index (κ2) is 10.7. The van der Waals surface area contributed by atoms with E-state index in [9.17, 15) is 0 Å². The highest BCUT2D eigenvalue weighted by atomic mass is 32.1. The van der Waals surface area contributed by atoms with Crippen LogP contribution in [-0.2, 0) is 17.3 Å². The summed E-state index contributed by atoms with van der Waals surface area (Å²) in [5.41, 5.74) is 18.4. The lowest BCUT2D eigenvalue weighted by Crippen LogP contribution is -2.61. The van der Waals surface area contributed by atoms with Gasteiger partial charge in [0, 0.05) is 43.7 Å². The number of aryl methyl sites for hydroxylation is 1. The van der Waals surface area contributed by atoms with Crippen molar-refractivity contribution >= 4 is 74.0 Å². The number of hydrogen-bond acceptors (Lipinski definition) is 3. The zero-order chi connectivity index (χ0) is 34.0. The Hall–Kier alpha value is -4.02. The molecular formula is C45H47BN2S. The van der Waals surface area contributed by atoms with Gasteiger partial charge >= 0.3 is 0 Å². The fourth-order valence-electron chi connectivity index (χ4n) is 9.54. The number of thiophene rings is 1. The van der Waals surface area contributed by atoms with Gasteiger partial charge in [0.15, 0.2) is 0 Å². The van der Waals surface area contributed by atoms with Gasteiger partial charge in [-0.05, 0) is 113 Å². The van der Waals surface area contributed by atoms with Gasteiger partial charge in [0.25, 0.3) is 6.71 Å². The zero-order valence-corrected chi connectivity index (χ0v) is 31.1. The molecule has 246 valence electrons. The van der Waals surface area contributed by atoms with E-state index in [1.165, 1.54) is 84.9 Å². The standard InChI is InChI=1S/C45H47BN2S/c1-27(2)31-24-32-40(23-29(31)4)49-43-42(32)47(30-16-10-9-11-17-30)37-19-14-20-38-41(37)46(43)35-25-33-34(45(7,8)22-21-44(33,5)6)26-39(35)48(38)36-18-13-12-15-28(36)3/h9-20,24-27,29H,21-23H2,1-8H3. The first-order chi connectivity index (χ1) is 23.5. The van der Waals surface area contributed by atoms with E-state index in [0.29, 0.717) is 11.8 Å². The van der Waals surface area contributed by atoms with Gasteiger partial charge < -0.3 is 9.80 Å². The number of hydrogen-bond donors (Lipinski definition) is 0. The lowest BCUT2D eigenvalue weighted by molar-refractivity contribution is 0.332. The van der Waals surface area contributed by atoms with E-state index in [1.807, 2.05) is 0 Å². The molecule has 3 heterocycles. The van der Waals surface area contributed by atoms with Crippen molar-refractivity contribution in [2.75, 3.05) is 9.80 Å². The Morgan fingerprint density at radius 3 is 2.08 bits per heavy atom. The highest BCUT2D eigenvalue weighted by Gasteiger charge is 2.48. The Bertz CT molecular complexity index is 2190. The molecule has 1 aromatic heterocycles. The van der Waals surface area contributed by atoms with Crippen molar-refractivity contribution in [3.05, 3.63) is 118 Å². The molecule has 49 heavy (non-hydrogen) atoms. The molecule has 0 bridgehead atoms. The van der Waals surface area contributed by atoms with Crippen LogP contribution in [0.5, 0.6) is 0 Å². The Balaban J connectivity index is 1.41. The molecule has 5 aromatic rings. The van der Waals surface area contributed by atoms with Crippen molar-refractivity contribution in [3.8, 4) is 0 Å². The number of rotatable bonds is 3. The van der Waals surface area contributed by atoms with Gasteiger partial charge in [-0.2, -0.15) is 11.3 Å². The van der Waals surface area contributed by atoms with Crippen molar-refractivity contribution in [3.63, 3.8) is 0 Å². The molecular weight excluding hydrogens is 611 g/mol. The predicted octanol–water partition coefficient (Wildman–Crippen LogP) is 10.7. The summed E-state index contributed by atoms with van der Waals surface area (Å²) in [6.07, 6.45) is 6.11. The molecule has 2 aliphatic heterocycles. The first-order valence-corrected chi connectivity index (χ1v) is 19.2. The molecule has 0 radical (unpaired) electrons. The number of anilines is 6. The topological polar surface area (TPSA) is 6.48 Å². The van der Waals surface area contributed by atoms with Gasteiger partial charge in [0.05, 0.1) is 5.69 Å². The summed E-state index contributed by atoms with van der Waals surface area (Å²) in [7, 11) is 0. The average Bonchev–Trinajstić information content (AvgIpc) is 3.44. The largest absolute Gasteiger partial charge is 0.311 e. The van der Waals surface area contributed by atoms with E-state index >= 15 is 0 Å². The van der Waals surface area contributed by atoms with Crippen molar-refractivity contribution in [1.82, 2.24) is 0 Å². The Morgan fingerprint density at radius 2 is 1.39 bits per heavy atom. The Kier molecular flexibility index (Phi) is 6.80. The minimum atomic E-state index is 0.122. The van der Waals surface area contributed by atoms with Crippen LogP contribution in [0.4, 0.5) is 34.1 Å². The fraction of sp³-hybridized carbons (Fsp3) is 0.333. The molecule has 0 saturated heterocycles. The van der Waals surface area contributed by atoms with E-state index in [2.05, 4.69) is 168 Å². The fourth-order valence-corrected chi connectivity index (χ4v) is 11.1. The minimum Gasteiger partial charge on any atom is -0.311 e. The number of para-hydroxylation sites is 2. The normalized spacial score (nSPS) is 19.5. The van der Waals surface area contributed by atoms with Crippen molar-refractivity contribution in [2.45, 2.75) is 85.5 Å². The van der Waals surface area contributed by atoms with Crippen LogP contribution in [-0.4, -0.2) is 6.71 Å². The van der Waals surface area contributed by atoms with Crippen LogP contribution < -0.4 is 25.5 Å². The highest BCUT2D eigenvalue weighted by molar-refractivity contribution is 7.29. The molecule has 0 N–H and O–H groups in total. The maximum absolute atomic E-state index is 2.67. The van der Waals surface area contributed by atoms with Crippen molar-refractivity contribution in [1.29, 1.82) is 0 Å². The van der Waals surface area contributed by atoms with Crippen LogP contribution in [0.1, 0.15) is 88.4 Å². The van der Waals surface area contributed by atoms with E-state index in [1.54, 1.807) is 10.5 Å². The van der Waals surface area contributed by atoms with E-state index in [0.717, 1.165) is 6.42 Å². The van der Waals surface area contributed by atoms with E-state index < -0.39 is 0 Å². The SMILES string of the molecule is Cc1ccccc1N1c2cc3c(cc2B2c4sc5c(c4N(c4ccccc4)c4cccc1c42)C=C(C(C)C)C(C)C5)C(C)(C)CCC3(C)C. The number of benzene rings is 4. The lowest BCUT2D eigenvalue weighted by atomic mass is 9.35. The van der Waals surface area contributed by atoms with Gasteiger partial charge in [-0.25, -0.2) is 0 Å². The summed E-state index contributed by atoms with van der Waals surface area (Å²) < 4.78 is 1.50. The molecule has 1 atom stereocenters. The number of fused-ring (bicyclic) bond motifs is 7. The lowest BCUT2D eigenvalue weighted by Gasteiger charge is -2.47. The van der Waals surface area contributed by atoms with E-state index in [-0.39, 0.29) is 17.5 Å². The molecule has 0 spiro atoms. The third-order valence-corrected chi connectivity index (χ3v) is 13.6. The minimum absolute atomic E-state index is 0.122. The second-order valence-corrected chi connectivity index (χ2v) is 17.9. The van der Waals surface area contributed by atoms with Crippen molar-refractivity contribution in [2.24, 2.45) is 11.8 Å². The molecule has 1 unspecified atom stereocenters. The quantitative estimate of drug-likeness (QED) is 0.174. The monoisotopic (exact) mass is 658 g/mol. The zero-order valence-electron chi connectivity index (χ0n) is 30.3. The number of allylic oxidation sites excluding steroid dienone is 1. The van der Waals surface area contributed by atoms with Crippen LogP contribution in [0.3, 0.4) is 0 Å². The highest BCUT2D eigenvalue weighted by Crippen LogP contribution is 2.52. The summed E-state index contributed by atoms with van der Waals surface area (Å²) in [5.74, 6) is 1.09. The molecule has 2 aliphatic carbocycles. The van der Waals surface area contributed by atoms with Crippen LogP contribution in [0.2, 0.25) is 0 Å². The summed E-state index contributed by atoms with van der Waals surface area (Å²) >= 11 is 2.09.